The lowest BCUT2D eigenvalue weighted by Gasteiger charge is -2.19. The van der Waals surface area contributed by atoms with Crippen LogP contribution in [0.4, 0.5) is 0 Å². The monoisotopic (exact) mass is 206 g/mol. The Balaban J connectivity index is 0.000000845. The highest BCUT2D eigenvalue weighted by atomic mass is 35.5. The van der Waals surface area contributed by atoms with Crippen LogP contribution in [0, 0.1) is 0 Å². The van der Waals surface area contributed by atoms with Crippen molar-refractivity contribution in [2.24, 2.45) is 0 Å². The first kappa shape index (κ1) is 11.2. The van der Waals surface area contributed by atoms with E-state index in [2.05, 4.69) is 10.2 Å². The van der Waals surface area contributed by atoms with Crippen molar-refractivity contribution in [1.82, 2.24) is 10.2 Å². The summed E-state index contributed by atoms with van der Waals surface area (Å²) >= 11 is 0. The van der Waals surface area contributed by atoms with Gasteiger partial charge in [0.2, 0.25) is 0 Å². The van der Waals surface area contributed by atoms with Crippen LogP contribution in [0.3, 0.4) is 0 Å². The second kappa shape index (κ2) is 5.15. The van der Waals surface area contributed by atoms with Crippen LogP contribution < -0.4 is 5.32 Å². The normalized spacial score (nSPS) is 34.8. The lowest BCUT2D eigenvalue weighted by atomic mass is 10.2. The molecular weight excluding hydrogens is 188 g/mol. The number of nitrogens with one attached hydrogen (secondary N) is 1. The van der Waals surface area contributed by atoms with Gasteiger partial charge in [0.15, 0.2) is 0 Å². The molecule has 2 aliphatic heterocycles. The summed E-state index contributed by atoms with van der Waals surface area (Å²) in [6.45, 7) is 4.29. The molecule has 0 bridgehead atoms. The number of hydrogen-bond acceptors (Lipinski definition) is 3. The number of halogens is 1. The maximum absolute atomic E-state index is 9.31. The lowest BCUT2D eigenvalue weighted by molar-refractivity contribution is 0.173. The van der Waals surface area contributed by atoms with Gasteiger partial charge < -0.3 is 10.4 Å². The first-order chi connectivity index (χ1) is 5.84. The van der Waals surface area contributed by atoms with Crippen molar-refractivity contribution < 1.29 is 5.11 Å². The molecule has 0 spiro atoms. The molecule has 2 atom stereocenters. The minimum atomic E-state index is -0.0635. The number of aliphatic hydroxyl groups is 1. The number of β-amino-alcohol motifs (C(OH)–C–C–N with tert-alkyl or cyclic N) is 1. The Bertz CT molecular complexity index is 151. The van der Waals surface area contributed by atoms with Crippen LogP contribution in [0.25, 0.3) is 0 Å². The van der Waals surface area contributed by atoms with E-state index in [9.17, 15) is 5.11 Å². The molecule has 13 heavy (non-hydrogen) atoms. The first-order valence-corrected chi connectivity index (χ1v) is 4.98. The van der Waals surface area contributed by atoms with E-state index in [0.717, 1.165) is 26.1 Å². The van der Waals surface area contributed by atoms with Crippen LogP contribution in [0.2, 0.25) is 0 Å². The fourth-order valence-electron chi connectivity index (χ4n) is 2.20. The number of likely N-dealkylation sites (tertiary alicyclic amines) is 1. The van der Waals surface area contributed by atoms with E-state index in [1.165, 1.54) is 19.4 Å². The van der Waals surface area contributed by atoms with Crippen molar-refractivity contribution in [2.45, 2.75) is 31.4 Å². The van der Waals surface area contributed by atoms with Crippen LogP contribution in [-0.2, 0) is 0 Å². The summed E-state index contributed by atoms with van der Waals surface area (Å²) in [5, 5.41) is 12.8. The van der Waals surface area contributed by atoms with E-state index in [1.54, 1.807) is 0 Å². The van der Waals surface area contributed by atoms with Gasteiger partial charge in [-0.15, -0.1) is 12.4 Å². The SMILES string of the molecule is Cl.OC1CCN(C[C@@H]2CCCN2)C1. The second-order valence-corrected chi connectivity index (χ2v) is 4.00. The summed E-state index contributed by atoms with van der Waals surface area (Å²) in [5.74, 6) is 0. The van der Waals surface area contributed by atoms with E-state index in [1.807, 2.05) is 0 Å². The van der Waals surface area contributed by atoms with Crippen LogP contribution in [0.15, 0.2) is 0 Å². The fourth-order valence-corrected chi connectivity index (χ4v) is 2.20. The van der Waals surface area contributed by atoms with Crippen LogP contribution in [0.1, 0.15) is 19.3 Å². The minimum absolute atomic E-state index is 0. The molecule has 78 valence electrons. The molecule has 4 heteroatoms. The zero-order valence-corrected chi connectivity index (χ0v) is 8.72. The molecule has 0 aliphatic carbocycles. The van der Waals surface area contributed by atoms with Gasteiger partial charge in [0.1, 0.15) is 0 Å². The molecule has 0 radical (unpaired) electrons. The van der Waals surface area contributed by atoms with Gasteiger partial charge in [-0.3, -0.25) is 4.90 Å². The molecule has 2 rings (SSSR count). The molecule has 2 N–H and O–H groups in total. The topological polar surface area (TPSA) is 35.5 Å². The molecule has 0 aromatic rings. The highest BCUT2D eigenvalue weighted by molar-refractivity contribution is 5.85. The van der Waals surface area contributed by atoms with E-state index in [4.69, 9.17) is 0 Å². The standard InChI is InChI=1S/C9H18N2O.ClH/c12-9-3-5-11(7-9)6-8-2-1-4-10-8;/h8-10,12H,1-7H2;1H/t8-,9?;/m0./s1. The lowest BCUT2D eigenvalue weighted by Crippen LogP contribution is -2.36. The Morgan fingerprint density at radius 3 is 2.77 bits per heavy atom. The smallest absolute Gasteiger partial charge is 0.0679 e. The van der Waals surface area contributed by atoms with Gasteiger partial charge in [-0.1, -0.05) is 0 Å². The summed E-state index contributed by atoms with van der Waals surface area (Å²) in [6.07, 6.45) is 3.53. The second-order valence-electron chi connectivity index (χ2n) is 4.00. The molecule has 2 fully saturated rings. The van der Waals surface area contributed by atoms with Crippen molar-refractivity contribution in [3.63, 3.8) is 0 Å². The van der Waals surface area contributed by atoms with Crippen molar-refractivity contribution in [1.29, 1.82) is 0 Å². The minimum Gasteiger partial charge on any atom is -0.392 e. The molecule has 0 amide bonds. The molecule has 1 unspecified atom stereocenters. The zero-order chi connectivity index (χ0) is 8.39. The predicted octanol–water partition coefficient (Wildman–Crippen LogP) is 0.227. The molecule has 2 aliphatic rings. The average Bonchev–Trinajstić information content (AvgIpc) is 2.63. The predicted molar refractivity (Wildman–Crippen MR) is 55.3 cm³/mol. The number of nitrogens with zero attached hydrogens (tertiary/aromatic N) is 1. The van der Waals surface area contributed by atoms with Crippen molar-refractivity contribution in [2.75, 3.05) is 26.2 Å². The number of aliphatic hydroxyl groups excluding tert-OH is 1. The van der Waals surface area contributed by atoms with E-state index < -0.39 is 0 Å². The van der Waals surface area contributed by atoms with Crippen molar-refractivity contribution in [3.05, 3.63) is 0 Å². The highest BCUT2D eigenvalue weighted by Gasteiger charge is 2.23. The molecule has 0 aromatic heterocycles. The van der Waals surface area contributed by atoms with Gasteiger partial charge in [0, 0.05) is 25.7 Å². The summed E-state index contributed by atoms with van der Waals surface area (Å²) in [5.41, 5.74) is 0. The fraction of sp³-hybridized carbons (Fsp3) is 1.00. The van der Waals surface area contributed by atoms with Gasteiger partial charge >= 0.3 is 0 Å². The van der Waals surface area contributed by atoms with Gasteiger partial charge in [0.05, 0.1) is 6.10 Å². The molecule has 3 nitrogen and oxygen atoms in total. The average molecular weight is 207 g/mol. The maximum atomic E-state index is 9.31. The Morgan fingerprint density at radius 2 is 2.23 bits per heavy atom. The third-order valence-corrected chi connectivity index (χ3v) is 2.89. The number of hydrogen-bond donors (Lipinski definition) is 2. The quantitative estimate of drug-likeness (QED) is 0.679. The molecule has 2 saturated heterocycles. The Kier molecular flexibility index (Phi) is 4.46. The van der Waals surface area contributed by atoms with Crippen LogP contribution in [-0.4, -0.2) is 48.3 Å². The van der Waals surface area contributed by atoms with Crippen LogP contribution in [0.5, 0.6) is 0 Å². The van der Waals surface area contributed by atoms with Gasteiger partial charge in [0.25, 0.3) is 0 Å². The van der Waals surface area contributed by atoms with E-state index in [-0.39, 0.29) is 18.5 Å². The molecule has 0 aromatic carbocycles. The largest absolute Gasteiger partial charge is 0.392 e. The van der Waals surface area contributed by atoms with Crippen LogP contribution >= 0.6 is 12.4 Å². The Hall–Kier alpha value is 0.170. The third kappa shape index (κ3) is 3.09. The summed E-state index contributed by atoms with van der Waals surface area (Å²) in [4.78, 5) is 2.37. The zero-order valence-electron chi connectivity index (χ0n) is 7.91. The summed E-state index contributed by atoms with van der Waals surface area (Å²) < 4.78 is 0. The van der Waals surface area contributed by atoms with Gasteiger partial charge in [-0.2, -0.15) is 0 Å². The molecule has 2 heterocycles. The van der Waals surface area contributed by atoms with Crippen molar-refractivity contribution >= 4 is 12.4 Å². The first-order valence-electron chi connectivity index (χ1n) is 4.98. The van der Waals surface area contributed by atoms with E-state index in [0.29, 0.717) is 6.04 Å². The highest BCUT2D eigenvalue weighted by Crippen LogP contribution is 2.12. The molecule has 0 saturated carbocycles. The third-order valence-electron chi connectivity index (χ3n) is 2.89. The van der Waals surface area contributed by atoms with Crippen molar-refractivity contribution in [3.8, 4) is 0 Å². The van der Waals surface area contributed by atoms with Gasteiger partial charge in [-0.25, -0.2) is 0 Å². The summed E-state index contributed by atoms with van der Waals surface area (Å²) in [7, 11) is 0. The molecular formula is C9H19ClN2O. The van der Waals surface area contributed by atoms with E-state index >= 15 is 0 Å². The summed E-state index contributed by atoms with van der Waals surface area (Å²) in [6, 6.07) is 0.690. The maximum Gasteiger partial charge on any atom is 0.0679 e. The number of rotatable bonds is 2. The Labute approximate surface area is 85.9 Å². The van der Waals surface area contributed by atoms with Gasteiger partial charge in [-0.05, 0) is 25.8 Å². The Morgan fingerprint density at radius 1 is 1.38 bits per heavy atom.